The lowest BCUT2D eigenvalue weighted by atomic mass is 9.92. The van der Waals surface area contributed by atoms with E-state index in [4.69, 9.17) is 0 Å². The minimum absolute atomic E-state index is 0.214. The molecule has 1 aliphatic carbocycles. The molecular weight excluding hydrogens is 170 g/mol. The van der Waals surface area contributed by atoms with Crippen LogP contribution in [0.3, 0.4) is 0 Å². The van der Waals surface area contributed by atoms with Gasteiger partial charge in [0, 0.05) is 24.2 Å². The third-order valence-corrected chi connectivity index (χ3v) is 2.31. The van der Waals surface area contributed by atoms with Crippen LogP contribution in [-0.2, 0) is 4.79 Å². The van der Waals surface area contributed by atoms with E-state index in [9.17, 15) is 14.9 Å². The number of hydrogen-bond acceptors (Lipinski definition) is 3. The molecule has 0 aromatic heterocycles. The maximum absolute atomic E-state index is 10.5. The van der Waals surface area contributed by atoms with Crippen molar-refractivity contribution < 1.29 is 9.72 Å². The van der Waals surface area contributed by atoms with Gasteiger partial charge in [0.25, 0.3) is 0 Å². The van der Waals surface area contributed by atoms with Gasteiger partial charge in [0.2, 0.25) is 6.04 Å². The minimum Gasteiger partial charge on any atom is -0.303 e. The highest BCUT2D eigenvalue weighted by Crippen LogP contribution is 2.23. The van der Waals surface area contributed by atoms with Gasteiger partial charge in [-0.05, 0) is 12.8 Å². The molecule has 0 radical (unpaired) electrons. The smallest absolute Gasteiger partial charge is 0.217 e. The zero-order chi connectivity index (χ0) is 9.68. The summed E-state index contributed by atoms with van der Waals surface area (Å²) in [6, 6.07) is -0.424. The Morgan fingerprint density at radius 1 is 1.69 bits per heavy atom. The predicted octanol–water partition coefficient (Wildman–Crippen LogP) is 1.72. The van der Waals surface area contributed by atoms with Gasteiger partial charge in [-0.1, -0.05) is 11.6 Å². The van der Waals surface area contributed by atoms with E-state index >= 15 is 0 Å². The maximum Gasteiger partial charge on any atom is 0.217 e. The van der Waals surface area contributed by atoms with E-state index in [2.05, 4.69) is 0 Å². The van der Waals surface area contributed by atoms with Crippen molar-refractivity contribution in [2.45, 2.75) is 38.1 Å². The fraction of sp³-hybridized carbons (Fsp3) is 0.667. The summed E-state index contributed by atoms with van der Waals surface area (Å²) >= 11 is 0. The van der Waals surface area contributed by atoms with Crippen molar-refractivity contribution in [2.24, 2.45) is 0 Å². The largest absolute Gasteiger partial charge is 0.303 e. The third-order valence-electron chi connectivity index (χ3n) is 2.31. The van der Waals surface area contributed by atoms with E-state index in [1.54, 1.807) is 0 Å². The molecule has 13 heavy (non-hydrogen) atoms. The average Bonchev–Trinajstić information content (AvgIpc) is 2.15. The first-order chi connectivity index (χ1) is 6.24. The number of carbonyl (C=O) groups is 1. The minimum atomic E-state index is -0.424. The Kier molecular flexibility index (Phi) is 3.61. The molecule has 0 heterocycles. The second-order valence-electron chi connectivity index (χ2n) is 3.29. The Hall–Kier alpha value is -1.19. The van der Waals surface area contributed by atoms with Gasteiger partial charge in [-0.25, -0.2) is 0 Å². The fourth-order valence-electron chi connectivity index (χ4n) is 1.60. The van der Waals surface area contributed by atoms with Crippen LogP contribution in [0.1, 0.15) is 32.1 Å². The Morgan fingerprint density at radius 2 is 2.46 bits per heavy atom. The van der Waals surface area contributed by atoms with Gasteiger partial charge in [0.05, 0.1) is 0 Å². The molecule has 0 spiro atoms. The van der Waals surface area contributed by atoms with Crippen LogP contribution in [-0.4, -0.2) is 17.3 Å². The molecule has 1 unspecified atom stereocenters. The third kappa shape index (κ3) is 2.97. The summed E-state index contributed by atoms with van der Waals surface area (Å²) in [5.74, 6) is 0. The lowest BCUT2D eigenvalue weighted by Crippen LogP contribution is -2.22. The zero-order valence-electron chi connectivity index (χ0n) is 7.44. The lowest BCUT2D eigenvalue weighted by molar-refractivity contribution is -0.523. The van der Waals surface area contributed by atoms with Crippen molar-refractivity contribution in [3.8, 4) is 0 Å². The van der Waals surface area contributed by atoms with Crippen LogP contribution in [0.2, 0.25) is 0 Å². The summed E-state index contributed by atoms with van der Waals surface area (Å²) in [6.45, 7) is 0. The molecule has 1 aliphatic rings. The zero-order valence-corrected chi connectivity index (χ0v) is 7.44. The van der Waals surface area contributed by atoms with Crippen LogP contribution in [0.4, 0.5) is 0 Å². The number of hydrogen-bond donors (Lipinski definition) is 0. The highest BCUT2D eigenvalue weighted by Gasteiger charge is 2.23. The summed E-state index contributed by atoms with van der Waals surface area (Å²) in [7, 11) is 0. The Bertz CT molecular complexity index is 235. The van der Waals surface area contributed by atoms with E-state index in [-0.39, 0.29) is 4.92 Å². The monoisotopic (exact) mass is 183 g/mol. The standard InChI is InChI=1S/C9H13NO3/c11-6-2-4-8-3-1-5-9(7-8)10(12)13/h3,6,9H,1-2,4-5,7H2. The average molecular weight is 183 g/mol. The molecule has 0 saturated carbocycles. The number of nitro groups is 1. The van der Waals surface area contributed by atoms with Crippen molar-refractivity contribution in [1.29, 1.82) is 0 Å². The predicted molar refractivity (Wildman–Crippen MR) is 48.0 cm³/mol. The molecule has 0 N–H and O–H groups in total. The quantitative estimate of drug-likeness (QED) is 0.288. The maximum atomic E-state index is 10.5. The molecule has 1 atom stereocenters. The molecule has 0 bridgehead atoms. The number of carbonyl (C=O) groups excluding carboxylic acids is 1. The molecule has 0 aliphatic heterocycles. The second kappa shape index (κ2) is 4.74. The Labute approximate surface area is 76.8 Å². The van der Waals surface area contributed by atoms with Crippen LogP contribution in [0.5, 0.6) is 0 Å². The van der Waals surface area contributed by atoms with Crippen LogP contribution in [0, 0.1) is 10.1 Å². The highest BCUT2D eigenvalue weighted by atomic mass is 16.6. The topological polar surface area (TPSA) is 60.2 Å². The first-order valence-corrected chi connectivity index (χ1v) is 4.49. The van der Waals surface area contributed by atoms with Gasteiger partial charge in [-0.15, -0.1) is 0 Å². The van der Waals surface area contributed by atoms with E-state index < -0.39 is 6.04 Å². The number of nitrogens with zero attached hydrogens (tertiary/aromatic N) is 1. The van der Waals surface area contributed by atoms with Crippen molar-refractivity contribution in [3.63, 3.8) is 0 Å². The lowest BCUT2D eigenvalue weighted by Gasteiger charge is -2.15. The van der Waals surface area contributed by atoms with Gasteiger partial charge >= 0.3 is 0 Å². The molecule has 4 nitrogen and oxygen atoms in total. The van der Waals surface area contributed by atoms with Crippen molar-refractivity contribution >= 4 is 6.29 Å². The van der Waals surface area contributed by atoms with Crippen LogP contribution in [0.25, 0.3) is 0 Å². The Balaban J connectivity index is 2.44. The van der Waals surface area contributed by atoms with Crippen molar-refractivity contribution in [1.82, 2.24) is 0 Å². The number of aldehydes is 1. The summed E-state index contributed by atoms with van der Waals surface area (Å²) in [5, 5.41) is 10.5. The van der Waals surface area contributed by atoms with Crippen LogP contribution in [0.15, 0.2) is 11.6 Å². The number of allylic oxidation sites excluding steroid dienone is 1. The molecule has 0 amide bonds. The molecule has 1 rings (SSSR count). The first-order valence-electron chi connectivity index (χ1n) is 4.49. The molecule has 0 aromatic carbocycles. The van der Waals surface area contributed by atoms with Gasteiger partial charge in [0.1, 0.15) is 6.29 Å². The fourth-order valence-corrected chi connectivity index (χ4v) is 1.60. The molecule has 72 valence electrons. The van der Waals surface area contributed by atoms with Crippen LogP contribution < -0.4 is 0 Å². The molecule has 4 heteroatoms. The highest BCUT2D eigenvalue weighted by molar-refractivity contribution is 5.49. The molecular formula is C9H13NO3. The van der Waals surface area contributed by atoms with E-state index in [0.717, 1.165) is 18.3 Å². The molecule has 0 aromatic rings. The van der Waals surface area contributed by atoms with Gasteiger partial charge < -0.3 is 4.79 Å². The van der Waals surface area contributed by atoms with Crippen LogP contribution >= 0.6 is 0 Å². The van der Waals surface area contributed by atoms with E-state index in [1.807, 2.05) is 6.08 Å². The van der Waals surface area contributed by atoms with Gasteiger partial charge in [-0.3, -0.25) is 10.1 Å². The van der Waals surface area contributed by atoms with Gasteiger partial charge in [-0.2, -0.15) is 0 Å². The second-order valence-corrected chi connectivity index (χ2v) is 3.29. The molecule has 0 saturated heterocycles. The number of rotatable bonds is 4. The summed E-state index contributed by atoms with van der Waals surface area (Å²) in [5.41, 5.74) is 1.07. The van der Waals surface area contributed by atoms with Crippen molar-refractivity contribution in [2.75, 3.05) is 0 Å². The van der Waals surface area contributed by atoms with Crippen molar-refractivity contribution in [3.05, 3.63) is 21.8 Å². The van der Waals surface area contributed by atoms with E-state index in [1.165, 1.54) is 0 Å². The first kappa shape index (κ1) is 9.89. The van der Waals surface area contributed by atoms with E-state index in [0.29, 0.717) is 25.7 Å². The Morgan fingerprint density at radius 3 is 3.08 bits per heavy atom. The van der Waals surface area contributed by atoms with Gasteiger partial charge in [0.15, 0.2) is 0 Å². The summed E-state index contributed by atoms with van der Waals surface area (Å²) in [4.78, 5) is 20.4. The summed E-state index contributed by atoms with van der Waals surface area (Å²) in [6.07, 6.45) is 6.00. The SMILES string of the molecule is O=CCCC1=CCCC([N+](=O)[O-])C1. The normalized spacial score (nSPS) is 22.2. The summed E-state index contributed by atoms with van der Waals surface area (Å²) < 4.78 is 0. The molecule has 0 fully saturated rings.